The molecule has 5 aliphatic rings. The second-order valence-electron chi connectivity index (χ2n) is 13.7. The third kappa shape index (κ3) is 7.48. The van der Waals surface area contributed by atoms with Gasteiger partial charge in [0.25, 0.3) is 0 Å². The highest BCUT2D eigenvalue weighted by Gasteiger charge is 2.64. The van der Waals surface area contributed by atoms with Crippen LogP contribution >= 0.6 is 0 Å². The number of cyclic esters (lactones) is 1. The zero-order valence-corrected chi connectivity index (χ0v) is 27.1. The number of benzene rings is 1. The van der Waals surface area contributed by atoms with E-state index in [-0.39, 0.29) is 68.4 Å². The minimum atomic E-state index is -0.982. The molecule has 3 aliphatic carbocycles. The predicted octanol–water partition coefficient (Wildman–Crippen LogP) is 1.97. The van der Waals surface area contributed by atoms with Gasteiger partial charge in [0.15, 0.2) is 5.79 Å². The molecule has 258 valence electrons. The Kier molecular flexibility index (Phi) is 9.73. The number of rotatable bonds is 13. The van der Waals surface area contributed by atoms with Gasteiger partial charge in [0, 0.05) is 54.8 Å². The maximum absolute atomic E-state index is 13.4. The van der Waals surface area contributed by atoms with Gasteiger partial charge >= 0.3 is 17.9 Å². The normalized spacial score (nSPS) is 27.1. The first-order valence-corrected chi connectivity index (χ1v) is 16.6. The lowest BCUT2D eigenvalue weighted by Crippen LogP contribution is -2.44. The molecule has 2 saturated carbocycles. The van der Waals surface area contributed by atoms with E-state index in [1.54, 1.807) is 44.2 Å². The highest BCUT2D eigenvalue weighted by atomic mass is 16.8. The molecule has 2 aliphatic heterocycles. The molecule has 4 fully saturated rings. The molecule has 2 saturated heterocycles. The molecule has 13 heteroatoms. The van der Waals surface area contributed by atoms with Crippen LogP contribution in [0.15, 0.2) is 42.0 Å². The van der Waals surface area contributed by atoms with Crippen molar-refractivity contribution in [2.75, 3.05) is 26.3 Å². The van der Waals surface area contributed by atoms with Crippen molar-refractivity contribution in [1.82, 2.24) is 10.6 Å². The van der Waals surface area contributed by atoms with Crippen LogP contribution in [0.2, 0.25) is 0 Å². The number of esters is 3. The quantitative estimate of drug-likeness (QED) is 0.159. The van der Waals surface area contributed by atoms with Gasteiger partial charge in [-0.2, -0.15) is 0 Å². The van der Waals surface area contributed by atoms with E-state index < -0.39 is 53.5 Å². The molecule has 0 bridgehead atoms. The van der Waals surface area contributed by atoms with Crippen molar-refractivity contribution in [3.05, 3.63) is 53.1 Å². The van der Waals surface area contributed by atoms with E-state index in [9.17, 15) is 24.0 Å². The Morgan fingerprint density at radius 3 is 2.31 bits per heavy atom. The average molecular weight is 667 g/mol. The summed E-state index contributed by atoms with van der Waals surface area (Å²) in [6, 6.07) is 6.43. The lowest BCUT2D eigenvalue weighted by Gasteiger charge is -2.31. The van der Waals surface area contributed by atoms with Crippen LogP contribution < -0.4 is 10.6 Å². The topological polar surface area (TPSA) is 176 Å². The first kappa shape index (κ1) is 33.8. The number of hydrogen-bond acceptors (Lipinski definition) is 11. The summed E-state index contributed by atoms with van der Waals surface area (Å²) in [6.07, 6.45) is 5.71. The van der Waals surface area contributed by atoms with Crippen molar-refractivity contribution >= 4 is 35.8 Å². The number of carbonyl (C=O) groups is 5. The Bertz CT molecular complexity index is 1480. The van der Waals surface area contributed by atoms with Gasteiger partial charge in [-0.25, -0.2) is 14.4 Å². The number of nitrogens with one attached hydrogen (secondary N) is 2. The molecule has 0 radical (unpaired) electrons. The first-order chi connectivity index (χ1) is 23.0. The third-order valence-corrected chi connectivity index (χ3v) is 9.33. The van der Waals surface area contributed by atoms with Crippen molar-refractivity contribution in [3.8, 4) is 0 Å². The smallest absolute Gasteiger partial charge is 0.348 e. The Morgan fingerprint density at radius 1 is 0.979 bits per heavy atom. The molecule has 4 atom stereocenters. The molecular weight excluding hydrogens is 624 g/mol. The van der Waals surface area contributed by atoms with Gasteiger partial charge in [-0.15, -0.1) is 0 Å². The minimum absolute atomic E-state index is 0.0509. The highest BCUT2D eigenvalue weighted by molar-refractivity contribution is 5.95. The van der Waals surface area contributed by atoms with Gasteiger partial charge in [0.2, 0.25) is 17.9 Å². The maximum Gasteiger partial charge on any atom is 0.348 e. The van der Waals surface area contributed by atoms with Crippen LogP contribution in [0.25, 0.3) is 6.08 Å². The fraction of sp³-hybridized carbons (Fsp3) is 0.571. The highest BCUT2D eigenvalue weighted by Crippen LogP contribution is 2.59. The molecule has 1 aromatic carbocycles. The summed E-state index contributed by atoms with van der Waals surface area (Å²) < 4.78 is 29.5. The van der Waals surface area contributed by atoms with Gasteiger partial charge < -0.3 is 39.4 Å². The summed E-state index contributed by atoms with van der Waals surface area (Å²) in [4.78, 5) is 62.7. The molecule has 3 N–H and O–H groups in total. The monoisotopic (exact) mass is 666 g/mol. The largest absolute Gasteiger partial charge is 0.462 e. The number of amides is 2. The zero-order valence-electron chi connectivity index (χ0n) is 27.1. The first-order valence-electron chi connectivity index (χ1n) is 16.6. The predicted molar refractivity (Wildman–Crippen MR) is 168 cm³/mol. The summed E-state index contributed by atoms with van der Waals surface area (Å²) >= 11 is 0. The minimum Gasteiger partial charge on any atom is -0.462 e. The SMILES string of the molecule is CC1(C)COC(=O)[C@@H]1OC(=O)C=Cc1ccc(C(=O)O[C@@H]2CC(C(=O)NCCC(=O)NCCO)=C[C@H]3OC(C4CC4)(C4CC4)O[C@H]32)cc1. The van der Waals surface area contributed by atoms with Gasteiger partial charge in [-0.05, 0) is 55.5 Å². The Morgan fingerprint density at radius 2 is 1.69 bits per heavy atom. The molecular formula is C35H42N2O11. The fourth-order valence-corrected chi connectivity index (χ4v) is 6.45. The summed E-state index contributed by atoms with van der Waals surface area (Å²) in [7, 11) is 0. The van der Waals surface area contributed by atoms with Crippen molar-refractivity contribution < 1.29 is 52.8 Å². The van der Waals surface area contributed by atoms with Crippen molar-refractivity contribution in [2.24, 2.45) is 17.3 Å². The van der Waals surface area contributed by atoms with E-state index in [1.165, 1.54) is 12.2 Å². The number of ether oxygens (including phenoxy) is 5. The van der Waals surface area contributed by atoms with Crippen LogP contribution in [0.4, 0.5) is 0 Å². The average Bonchev–Trinajstić information content (AvgIpc) is 4.01. The number of fused-ring (bicyclic) bond motifs is 1. The molecule has 0 spiro atoms. The second kappa shape index (κ2) is 13.8. The van der Waals surface area contributed by atoms with Crippen LogP contribution in [-0.2, 0) is 42.9 Å². The Labute approximate surface area is 278 Å². The maximum atomic E-state index is 13.4. The fourth-order valence-electron chi connectivity index (χ4n) is 6.45. The van der Waals surface area contributed by atoms with Gasteiger partial charge in [0.05, 0.1) is 12.2 Å². The second-order valence-corrected chi connectivity index (χ2v) is 13.7. The lowest BCUT2D eigenvalue weighted by atomic mass is 9.90. The zero-order chi connectivity index (χ0) is 34.1. The lowest BCUT2D eigenvalue weighted by molar-refractivity contribution is -0.209. The molecule has 0 aromatic heterocycles. The van der Waals surface area contributed by atoms with Crippen LogP contribution in [0, 0.1) is 17.3 Å². The van der Waals surface area contributed by atoms with Crippen LogP contribution in [-0.4, -0.2) is 91.3 Å². The van der Waals surface area contributed by atoms with Gasteiger partial charge in [0.1, 0.15) is 24.9 Å². The Hall–Kier alpha value is -4.07. The number of hydrogen-bond donors (Lipinski definition) is 3. The van der Waals surface area contributed by atoms with E-state index in [4.69, 9.17) is 28.8 Å². The Balaban J connectivity index is 1.10. The third-order valence-electron chi connectivity index (χ3n) is 9.33. The molecule has 6 rings (SSSR count). The molecule has 13 nitrogen and oxygen atoms in total. The van der Waals surface area contributed by atoms with E-state index in [2.05, 4.69) is 10.6 Å². The molecule has 0 unspecified atom stereocenters. The molecule has 2 amide bonds. The van der Waals surface area contributed by atoms with Crippen molar-refractivity contribution in [3.63, 3.8) is 0 Å². The number of aliphatic hydroxyl groups excluding tert-OH is 1. The van der Waals surface area contributed by atoms with Crippen LogP contribution in [0.1, 0.15) is 68.3 Å². The standard InChI is InChI=1S/C35H42N2O11/c1-34(2)19-44-33(43)30(34)46-28(40)12-5-20-3-6-21(7-4-20)32(42)45-25-17-22(31(41)37-14-13-27(39)36-15-16-38)18-26-29(25)48-35(47-26,23-8-9-23)24-10-11-24/h3-7,12,18,23-26,29-30,38H,8-11,13-17,19H2,1-2H3,(H,36,39)(H,37,41)/t25-,26-,29+,30+/m1/s1. The summed E-state index contributed by atoms with van der Waals surface area (Å²) in [6.45, 7) is 3.80. The van der Waals surface area contributed by atoms with Crippen molar-refractivity contribution in [2.45, 2.75) is 82.6 Å². The van der Waals surface area contributed by atoms with E-state index in [0.29, 0.717) is 11.1 Å². The summed E-state index contributed by atoms with van der Waals surface area (Å²) in [5.41, 5.74) is 0.656. The van der Waals surface area contributed by atoms with Gasteiger partial charge in [-0.3, -0.25) is 9.59 Å². The van der Waals surface area contributed by atoms with Crippen molar-refractivity contribution in [1.29, 1.82) is 0 Å². The molecule has 48 heavy (non-hydrogen) atoms. The number of carbonyl (C=O) groups excluding carboxylic acids is 5. The van der Waals surface area contributed by atoms with Gasteiger partial charge in [-0.1, -0.05) is 26.0 Å². The van der Waals surface area contributed by atoms with Crippen LogP contribution in [0.3, 0.4) is 0 Å². The summed E-state index contributed by atoms with van der Waals surface area (Å²) in [5, 5.41) is 14.2. The van der Waals surface area contributed by atoms with E-state index in [1.807, 2.05) is 0 Å². The summed E-state index contributed by atoms with van der Waals surface area (Å²) in [5.74, 6) is -2.73. The number of aliphatic hydroxyl groups is 1. The van der Waals surface area contributed by atoms with E-state index in [0.717, 1.165) is 25.7 Å². The van der Waals surface area contributed by atoms with E-state index >= 15 is 0 Å². The molecule has 2 heterocycles. The van der Waals surface area contributed by atoms with Crippen LogP contribution in [0.5, 0.6) is 0 Å². The molecule has 1 aromatic rings.